The summed E-state index contributed by atoms with van der Waals surface area (Å²) in [5.74, 6) is -0.0291. The summed E-state index contributed by atoms with van der Waals surface area (Å²) in [6.45, 7) is 2.20. The number of rotatable bonds is 5. The minimum absolute atomic E-state index is 0.0503. The molecule has 0 spiro atoms. The largest absolute Gasteiger partial charge is 0.380 e. The summed E-state index contributed by atoms with van der Waals surface area (Å²) in [6.07, 6.45) is 1.76. The Bertz CT molecular complexity index is 478. The van der Waals surface area contributed by atoms with Gasteiger partial charge >= 0.3 is 0 Å². The zero-order valence-electron chi connectivity index (χ0n) is 12.8. The fourth-order valence-electron chi connectivity index (χ4n) is 2.66. The average molecular weight is 295 g/mol. The van der Waals surface area contributed by atoms with Gasteiger partial charge in [0.1, 0.15) is 5.82 Å². The highest BCUT2D eigenvalue weighted by Gasteiger charge is 2.34. The van der Waals surface area contributed by atoms with Crippen LogP contribution >= 0.6 is 0 Å². The Labute approximate surface area is 124 Å². The summed E-state index contributed by atoms with van der Waals surface area (Å²) in [6, 6.07) is 3.11. The topological polar surface area (TPSA) is 45.7 Å². The number of ether oxygens (including phenoxy) is 1. The molecule has 0 N–H and O–H groups in total. The standard InChI is InChI=1S/C15H22FN3O2/c1-18(2)15(20)6-11-8-19(10-14(11)21-3)9-13-5-4-12(16)7-17-13/h4-5,7,11,14H,6,8-10H2,1-3H3/t11-,14+/m1/s1. The van der Waals surface area contributed by atoms with Gasteiger partial charge in [0, 0.05) is 53.2 Å². The molecule has 2 atom stereocenters. The minimum atomic E-state index is -0.329. The number of halogens is 1. The summed E-state index contributed by atoms with van der Waals surface area (Å²) in [5, 5.41) is 0. The second-order valence-corrected chi connectivity index (χ2v) is 5.69. The van der Waals surface area contributed by atoms with Crippen molar-refractivity contribution in [1.29, 1.82) is 0 Å². The van der Waals surface area contributed by atoms with Crippen LogP contribution in [-0.4, -0.2) is 61.1 Å². The van der Waals surface area contributed by atoms with Gasteiger partial charge in [0.05, 0.1) is 18.0 Å². The van der Waals surface area contributed by atoms with Crippen molar-refractivity contribution in [2.45, 2.75) is 19.1 Å². The molecule has 1 aromatic heterocycles. The molecule has 0 aliphatic carbocycles. The van der Waals surface area contributed by atoms with Crippen molar-refractivity contribution in [1.82, 2.24) is 14.8 Å². The Morgan fingerprint density at radius 2 is 2.24 bits per heavy atom. The molecular formula is C15H22FN3O2. The lowest BCUT2D eigenvalue weighted by atomic mass is 10.0. The predicted octanol–water partition coefficient (Wildman–Crippen LogP) is 1.15. The van der Waals surface area contributed by atoms with E-state index >= 15 is 0 Å². The summed E-state index contributed by atoms with van der Waals surface area (Å²) in [7, 11) is 5.20. The van der Waals surface area contributed by atoms with E-state index in [9.17, 15) is 9.18 Å². The van der Waals surface area contributed by atoms with Crippen molar-refractivity contribution in [3.8, 4) is 0 Å². The average Bonchev–Trinajstić information content (AvgIpc) is 2.83. The first-order valence-electron chi connectivity index (χ1n) is 7.05. The highest BCUT2D eigenvalue weighted by atomic mass is 19.1. The van der Waals surface area contributed by atoms with Gasteiger partial charge in [-0.2, -0.15) is 0 Å². The SMILES string of the molecule is CO[C@H]1CN(Cc2ccc(F)cn2)C[C@H]1CC(=O)N(C)C. The predicted molar refractivity (Wildman–Crippen MR) is 77.1 cm³/mol. The Balaban J connectivity index is 1.94. The lowest BCUT2D eigenvalue weighted by Crippen LogP contribution is -2.29. The van der Waals surface area contributed by atoms with E-state index in [4.69, 9.17) is 4.74 Å². The van der Waals surface area contributed by atoms with Crippen LogP contribution in [0.1, 0.15) is 12.1 Å². The number of amides is 1. The molecule has 116 valence electrons. The number of nitrogens with zero attached hydrogens (tertiary/aromatic N) is 3. The third-order valence-corrected chi connectivity index (χ3v) is 3.87. The van der Waals surface area contributed by atoms with E-state index in [-0.39, 0.29) is 23.7 Å². The monoisotopic (exact) mass is 295 g/mol. The van der Waals surface area contributed by atoms with E-state index in [1.807, 2.05) is 0 Å². The van der Waals surface area contributed by atoms with Gasteiger partial charge in [0.2, 0.25) is 5.91 Å². The van der Waals surface area contributed by atoms with Crippen LogP contribution < -0.4 is 0 Å². The molecule has 1 aliphatic rings. The molecule has 1 aliphatic heterocycles. The maximum absolute atomic E-state index is 12.9. The normalized spacial score (nSPS) is 22.5. The van der Waals surface area contributed by atoms with Crippen LogP contribution in [0.15, 0.2) is 18.3 Å². The first kappa shape index (κ1) is 15.9. The molecule has 21 heavy (non-hydrogen) atoms. The van der Waals surface area contributed by atoms with Gasteiger partial charge in [-0.15, -0.1) is 0 Å². The lowest BCUT2D eigenvalue weighted by Gasteiger charge is -2.18. The van der Waals surface area contributed by atoms with Crippen LogP contribution in [0.2, 0.25) is 0 Å². The van der Waals surface area contributed by atoms with Crippen molar-refractivity contribution in [2.24, 2.45) is 5.92 Å². The highest BCUT2D eigenvalue weighted by Crippen LogP contribution is 2.24. The van der Waals surface area contributed by atoms with Crippen molar-refractivity contribution in [3.63, 3.8) is 0 Å². The summed E-state index contributed by atoms with van der Waals surface area (Å²) >= 11 is 0. The third-order valence-electron chi connectivity index (χ3n) is 3.87. The number of carbonyl (C=O) groups is 1. The molecule has 6 heteroatoms. The Morgan fingerprint density at radius 1 is 1.48 bits per heavy atom. The fourth-order valence-corrected chi connectivity index (χ4v) is 2.66. The summed E-state index contributed by atoms with van der Waals surface area (Å²) in [4.78, 5) is 19.7. The Hall–Kier alpha value is -1.53. The molecule has 0 bridgehead atoms. The van der Waals surface area contributed by atoms with E-state index in [1.54, 1.807) is 32.2 Å². The first-order valence-corrected chi connectivity index (χ1v) is 7.05. The molecule has 5 nitrogen and oxygen atoms in total. The molecule has 2 rings (SSSR count). The van der Waals surface area contributed by atoms with Crippen molar-refractivity contribution in [2.75, 3.05) is 34.3 Å². The number of hydrogen-bond donors (Lipinski definition) is 0. The van der Waals surface area contributed by atoms with Crippen LogP contribution in [0.4, 0.5) is 4.39 Å². The molecule has 2 heterocycles. The smallest absolute Gasteiger partial charge is 0.222 e. The Kier molecular flexibility index (Phi) is 5.25. The molecule has 0 radical (unpaired) electrons. The van der Waals surface area contributed by atoms with Crippen LogP contribution in [0.3, 0.4) is 0 Å². The van der Waals surface area contributed by atoms with Crippen molar-refractivity contribution >= 4 is 5.91 Å². The lowest BCUT2D eigenvalue weighted by molar-refractivity contribution is -0.130. The van der Waals surface area contributed by atoms with Gasteiger partial charge in [-0.05, 0) is 12.1 Å². The van der Waals surface area contributed by atoms with Gasteiger partial charge in [0.15, 0.2) is 0 Å². The van der Waals surface area contributed by atoms with Crippen LogP contribution in [0.25, 0.3) is 0 Å². The zero-order valence-corrected chi connectivity index (χ0v) is 12.8. The second-order valence-electron chi connectivity index (χ2n) is 5.69. The fraction of sp³-hybridized carbons (Fsp3) is 0.600. The molecule has 1 aromatic rings. The van der Waals surface area contributed by atoms with E-state index in [0.29, 0.717) is 13.0 Å². The van der Waals surface area contributed by atoms with E-state index < -0.39 is 0 Å². The first-order chi connectivity index (χ1) is 9.99. The number of likely N-dealkylation sites (tertiary alicyclic amines) is 1. The van der Waals surface area contributed by atoms with Crippen LogP contribution in [0.5, 0.6) is 0 Å². The summed E-state index contributed by atoms with van der Waals surface area (Å²) in [5.41, 5.74) is 0.825. The zero-order chi connectivity index (χ0) is 15.4. The second kappa shape index (κ2) is 6.95. The molecule has 1 amide bonds. The molecular weight excluding hydrogens is 273 g/mol. The van der Waals surface area contributed by atoms with Crippen LogP contribution in [-0.2, 0) is 16.1 Å². The highest BCUT2D eigenvalue weighted by molar-refractivity contribution is 5.75. The molecule has 0 saturated carbocycles. The number of carbonyl (C=O) groups excluding carboxylic acids is 1. The van der Waals surface area contributed by atoms with Gasteiger partial charge in [-0.25, -0.2) is 4.39 Å². The van der Waals surface area contributed by atoms with E-state index in [1.165, 1.54) is 12.3 Å². The van der Waals surface area contributed by atoms with Crippen LogP contribution in [0, 0.1) is 11.7 Å². The van der Waals surface area contributed by atoms with Crippen molar-refractivity contribution < 1.29 is 13.9 Å². The van der Waals surface area contributed by atoms with Gasteiger partial charge in [-0.3, -0.25) is 14.7 Å². The Morgan fingerprint density at radius 3 is 2.81 bits per heavy atom. The number of pyridine rings is 1. The number of aromatic nitrogens is 1. The van der Waals surface area contributed by atoms with Crippen molar-refractivity contribution in [3.05, 3.63) is 29.8 Å². The van der Waals surface area contributed by atoms with E-state index in [2.05, 4.69) is 9.88 Å². The van der Waals surface area contributed by atoms with Gasteiger partial charge in [-0.1, -0.05) is 0 Å². The maximum atomic E-state index is 12.9. The quantitative estimate of drug-likeness (QED) is 0.817. The molecule has 1 fully saturated rings. The van der Waals surface area contributed by atoms with E-state index in [0.717, 1.165) is 18.8 Å². The molecule has 0 aromatic carbocycles. The number of hydrogen-bond acceptors (Lipinski definition) is 4. The minimum Gasteiger partial charge on any atom is -0.380 e. The van der Waals surface area contributed by atoms with Gasteiger partial charge in [0.25, 0.3) is 0 Å². The summed E-state index contributed by atoms with van der Waals surface area (Å²) < 4.78 is 18.4. The molecule has 0 unspecified atom stereocenters. The molecule has 1 saturated heterocycles. The maximum Gasteiger partial charge on any atom is 0.222 e. The van der Waals surface area contributed by atoms with Gasteiger partial charge < -0.3 is 9.64 Å². The number of methoxy groups -OCH3 is 1. The third kappa shape index (κ3) is 4.22.